The maximum Gasteiger partial charge on any atom is 0.232 e. The fourth-order valence-corrected chi connectivity index (χ4v) is 3.46. The Morgan fingerprint density at radius 2 is 2.05 bits per heavy atom. The minimum Gasteiger partial charge on any atom is -0.328 e. The van der Waals surface area contributed by atoms with Gasteiger partial charge >= 0.3 is 0 Å². The van der Waals surface area contributed by atoms with Gasteiger partial charge in [-0.05, 0) is 31.4 Å². The van der Waals surface area contributed by atoms with Crippen molar-refractivity contribution in [1.82, 2.24) is 9.55 Å². The molecule has 5 nitrogen and oxygen atoms in total. The third-order valence-corrected chi connectivity index (χ3v) is 4.51. The third-order valence-electron chi connectivity index (χ3n) is 4.51. The Labute approximate surface area is 129 Å². The molecule has 2 aromatic rings. The van der Waals surface area contributed by atoms with Crippen molar-refractivity contribution < 1.29 is 4.79 Å². The third kappa shape index (κ3) is 2.21. The highest BCUT2D eigenvalue weighted by Gasteiger charge is 2.35. The summed E-state index contributed by atoms with van der Waals surface area (Å²) in [6.07, 6.45) is 2.69. The molecule has 1 fully saturated rings. The van der Waals surface area contributed by atoms with E-state index in [1.165, 1.54) is 0 Å². The molecule has 4 rings (SSSR count). The lowest BCUT2D eigenvalue weighted by Gasteiger charge is -2.18. The molecule has 1 aromatic carbocycles. The van der Waals surface area contributed by atoms with Gasteiger partial charge in [-0.3, -0.25) is 9.69 Å². The van der Waals surface area contributed by atoms with E-state index in [-0.39, 0.29) is 30.3 Å². The molecular weight excluding hydrogens is 288 g/mol. The van der Waals surface area contributed by atoms with Crippen molar-refractivity contribution in [3.05, 3.63) is 24.3 Å². The van der Waals surface area contributed by atoms with Crippen LogP contribution < -0.4 is 10.6 Å². The van der Waals surface area contributed by atoms with Crippen LogP contribution in [-0.2, 0) is 11.3 Å². The van der Waals surface area contributed by atoms with Crippen molar-refractivity contribution in [3.63, 3.8) is 0 Å². The molecule has 1 aromatic heterocycles. The molecule has 2 heterocycles. The number of nitrogens with two attached hydrogens (primary N) is 1. The minimum absolute atomic E-state index is 0. The highest BCUT2D eigenvalue weighted by molar-refractivity contribution is 5.96. The Kier molecular flexibility index (Phi) is 3.63. The molecule has 2 aliphatic rings. The van der Waals surface area contributed by atoms with Gasteiger partial charge in [0.15, 0.2) is 0 Å². The Balaban J connectivity index is 0.00000132. The van der Waals surface area contributed by atoms with Crippen LogP contribution in [0.15, 0.2) is 24.3 Å². The normalized spacial score (nSPS) is 24.1. The number of benzene rings is 1. The van der Waals surface area contributed by atoms with Gasteiger partial charge in [-0.1, -0.05) is 12.1 Å². The zero-order valence-corrected chi connectivity index (χ0v) is 12.6. The fraction of sp³-hybridized carbons (Fsp3) is 0.467. The standard InChI is InChI=1S/C15H18N4O.ClH/c16-11-6-5-10(9-11)14(20)19-8-7-18-13-4-2-1-3-12(13)17-15(18)19;/h1-4,10-11H,5-9,16H2;1H. The van der Waals surface area contributed by atoms with Crippen molar-refractivity contribution in [1.29, 1.82) is 0 Å². The maximum absolute atomic E-state index is 12.6. The summed E-state index contributed by atoms with van der Waals surface area (Å²) in [5.74, 6) is 1.08. The average Bonchev–Trinajstić information content (AvgIpc) is 3.12. The Morgan fingerprint density at radius 1 is 1.24 bits per heavy atom. The van der Waals surface area contributed by atoms with Crippen molar-refractivity contribution in [3.8, 4) is 0 Å². The molecule has 0 bridgehead atoms. The molecular formula is C15H19ClN4O. The van der Waals surface area contributed by atoms with Crippen LogP contribution in [0.3, 0.4) is 0 Å². The molecule has 1 aliphatic heterocycles. The molecule has 21 heavy (non-hydrogen) atoms. The van der Waals surface area contributed by atoms with Crippen molar-refractivity contribution in [2.75, 3.05) is 11.4 Å². The Morgan fingerprint density at radius 3 is 2.81 bits per heavy atom. The number of hydrogen-bond donors (Lipinski definition) is 1. The van der Waals surface area contributed by atoms with E-state index < -0.39 is 0 Å². The van der Waals surface area contributed by atoms with Crippen LogP contribution in [0.5, 0.6) is 0 Å². The van der Waals surface area contributed by atoms with Gasteiger partial charge in [0.25, 0.3) is 0 Å². The van der Waals surface area contributed by atoms with Gasteiger partial charge in [-0.25, -0.2) is 4.98 Å². The second-order valence-electron chi connectivity index (χ2n) is 5.81. The van der Waals surface area contributed by atoms with Gasteiger partial charge in [0.2, 0.25) is 11.9 Å². The van der Waals surface area contributed by atoms with Crippen molar-refractivity contribution in [2.24, 2.45) is 11.7 Å². The number of hydrogen-bond acceptors (Lipinski definition) is 3. The molecule has 6 heteroatoms. The SMILES string of the molecule is Cl.NC1CCC(C(=O)N2CCn3c2nc2ccccc23)C1. The van der Waals surface area contributed by atoms with E-state index in [4.69, 9.17) is 5.73 Å². The zero-order chi connectivity index (χ0) is 13.7. The molecule has 0 spiro atoms. The average molecular weight is 307 g/mol. The summed E-state index contributed by atoms with van der Waals surface area (Å²) in [7, 11) is 0. The summed E-state index contributed by atoms with van der Waals surface area (Å²) in [6, 6.07) is 8.23. The van der Waals surface area contributed by atoms with Crippen LogP contribution in [0.1, 0.15) is 19.3 Å². The maximum atomic E-state index is 12.6. The molecule has 1 aliphatic carbocycles. The van der Waals surface area contributed by atoms with E-state index in [9.17, 15) is 4.79 Å². The van der Waals surface area contributed by atoms with Gasteiger partial charge in [0.05, 0.1) is 11.0 Å². The van der Waals surface area contributed by atoms with E-state index in [0.29, 0.717) is 0 Å². The number of imidazole rings is 1. The molecule has 2 N–H and O–H groups in total. The number of para-hydroxylation sites is 2. The fourth-order valence-electron chi connectivity index (χ4n) is 3.46. The predicted molar refractivity (Wildman–Crippen MR) is 84.7 cm³/mol. The number of halogens is 1. The molecule has 2 atom stereocenters. The van der Waals surface area contributed by atoms with Gasteiger partial charge in [-0.15, -0.1) is 12.4 Å². The number of fused-ring (bicyclic) bond motifs is 3. The van der Waals surface area contributed by atoms with E-state index in [2.05, 4.69) is 15.6 Å². The number of aromatic nitrogens is 2. The first-order valence-electron chi connectivity index (χ1n) is 7.26. The quantitative estimate of drug-likeness (QED) is 0.875. The number of amides is 1. The lowest BCUT2D eigenvalue weighted by Crippen LogP contribution is -2.35. The highest BCUT2D eigenvalue weighted by Crippen LogP contribution is 2.32. The lowest BCUT2D eigenvalue weighted by molar-refractivity contribution is -0.122. The smallest absolute Gasteiger partial charge is 0.232 e. The van der Waals surface area contributed by atoms with Gasteiger partial charge in [0, 0.05) is 25.0 Å². The van der Waals surface area contributed by atoms with Crippen LogP contribution in [0, 0.1) is 5.92 Å². The van der Waals surface area contributed by atoms with Crippen molar-refractivity contribution >= 4 is 35.3 Å². The summed E-state index contributed by atoms with van der Waals surface area (Å²) in [6.45, 7) is 1.57. The predicted octanol–water partition coefficient (Wildman–Crippen LogP) is 1.93. The topological polar surface area (TPSA) is 64.2 Å². The molecule has 112 valence electrons. The lowest BCUT2D eigenvalue weighted by atomic mass is 10.1. The van der Waals surface area contributed by atoms with E-state index in [1.54, 1.807) is 0 Å². The monoisotopic (exact) mass is 306 g/mol. The summed E-state index contributed by atoms with van der Waals surface area (Å²) >= 11 is 0. The second-order valence-corrected chi connectivity index (χ2v) is 5.81. The Bertz CT molecular complexity index is 683. The van der Waals surface area contributed by atoms with Crippen LogP contribution in [0.4, 0.5) is 5.95 Å². The molecule has 2 unspecified atom stereocenters. The van der Waals surface area contributed by atoms with E-state index in [1.807, 2.05) is 23.1 Å². The van der Waals surface area contributed by atoms with Crippen LogP contribution >= 0.6 is 12.4 Å². The first-order valence-corrected chi connectivity index (χ1v) is 7.26. The molecule has 0 saturated heterocycles. The molecule has 1 amide bonds. The minimum atomic E-state index is 0. The summed E-state index contributed by atoms with van der Waals surface area (Å²) < 4.78 is 2.14. The number of anilines is 1. The van der Waals surface area contributed by atoms with Gasteiger partial charge in [-0.2, -0.15) is 0 Å². The van der Waals surface area contributed by atoms with E-state index in [0.717, 1.165) is 49.3 Å². The number of nitrogens with zero attached hydrogens (tertiary/aromatic N) is 3. The number of carbonyl (C=O) groups is 1. The van der Waals surface area contributed by atoms with Crippen LogP contribution in [0.2, 0.25) is 0 Å². The molecule has 0 radical (unpaired) electrons. The largest absolute Gasteiger partial charge is 0.328 e. The molecule has 1 saturated carbocycles. The van der Waals surface area contributed by atoms with Crippen molar-refractivity contribution in [2.45, 2.75) is 31.8 Å². The number of rotatable bonds is 1. The van der Waals surface area contributed by atoms with Crippen LogP contribution in [0.25, 0.3) is 11.0 Å². The first kappa shape index (κ1) is 14.4. The van der Waals surface area contributed by atoms with Gasteiger partial charge < -0.3 is 10.3 Å². The van der Waals surface area contributed by atoms with E-state index >= 15 is 0 Å². The zero-order valence-electron chi connectivity index (χ0n) is 11.7. The van der Waals surface area contributed by atoms with Crippen LogP contribution in [-0.4, -0.2) is 28.0 Å². The Hall–Kier alpha value is -1.59. The first-order chi connectivity index (χ1) is 9.74. The number of carbonyl (C=O) groups excluding carboxylic acids is 1. The summed E-state index contributed by atoms with van der Waals surface area (Å²) in [4.78, 5) is 19.1. The second kappa shape index (κ2) is 5.31. The highest BCUT2D eigenvalue weighted by atomic mass is 35.5. The van der Waals surface area contributed by atoms with Gasteiger partial charge in [0.1, 0.15) is 0 Å². The summed E-state index contributed by atoms with van der Waals surface area (Å²) in [5, 5.41) is 0. The summed E-state index contributed by atoms with van der Waals surface area (Å²) in [5.41, 5.74) is 8.00.